The number of benzene rings is 1. The number of hydrogen-bond donors (Lipinski definition) is 0. The topological polar surface area (TPSA) is 17.1 Å². The number of carbonyl (C=O) groups excluding carboxylic acids is 1. The average molecular weight is 228 g/mol. The number of rotatable bonds is 4. The normalized spacial score (nSPS) is 10.8. The largest absolute Gasteiger partial charge is 0.297 e. The standard InChI is InChI=1S/C14H12OS/c15-11-14-13(9-10-16-14)8-4-7-12-5-2-1-3-6-12/h1-7,9-11H,8H2. The van der Waals surface area contributed by atoms with Crippen LogP contribution in [0.25, 0.3) is 6.08 Å². The lowest BCUT2D eigenvalue weighted by atomic mass is 10.1. The molecule has 0 amide bonds. The Morgan fingerprint density at radius 1 is 1.12 bits per heavy atom. The summed E-state index contributed by atoms with van der Waals surface area (Å²) < 4.78 is 0. The number of carbonyl (C=O) groups is 1. The Kier molecular flexibility index (Phi) is 3.67. The van der Waals surface area contributed by atoms with Crippen LogP contribution < -0.4 is 0 Å². The van der Waals surface area contributed by atoms with E-state index >= 15 is 0 Å². The molecule has 0 saturated heterocycles. The first-order chi connectivity index (χ1) is 7.90. The summed E-state index contributed by atoms with van der Waals surface area (Å²) in [5, 5.41) is 1.95. The Hall–Kier alpha value is -1.67. The number of thiophene rings is 1. The third-order valence-corrected chi connectivity index (χ3v) is 3.22. The zero-order chi connectivity index (χ0) is 11.2. The monoisotopic (exact) mass is 228 g/mol. The third kappa shape index (κ3) is 2.67. The summed E-state index contributed by atoms with van der Waals surface area (Å²) in [6.45, 7) is 0. The Morgan fingerprint density at radius 3 is 2.69 bits per heavy atom. The Labute approximate surface area is 99.1 Å². The van der Waals surface area contributed by atoms with E-state index in [0.29, 0.717) is 0 Å². The summed E-state index contributed by atoms with van der Waals surface area (Å²) in [6.07, 6.45) is 5.90. The van der Waals surface area contributed by atoms with E-state index in [4.69, 9.17) is 0 Å². The molecule has 1 heterocycles. The van der Waals surface area contributed by atoms with Gasteiger partial charge in [0.2, 0.25) is 0 Å². The molecule has 0 aliphatic heterocycles. The van der Waals surface area contributed by atoms with Crippen molar-refractivity contribution in [3.8, 4) is 0 Å². The van der Waals surface area contributed by atoms with Crippen LogP contribution >= 0.6 is 11.3 Å². The van der Waals surface area contributed by atoms with E-state index in [-0.39, 0.29) is 0 Å². The molecule has 0 aliphatic rings. The van der Waals surface area contributed by atoms with Crippen LogP contribution in [0.1, 0.15) is 20.8 Å². The molecule has 0 saturated carbocycles. The van der Waals surface area contributed by atoms with Gasteiger partial charge in [-0.25, -0.2) is 0 Å². The molecule has 0 fully saturated rings. The number of aldehydes is 1. The molecule has 0 atom stereocenters. The minimum Gasteiger partial charge on any atom is -0.297 e. The molecule has 0 bridgehead atoms. The van der Waals surface area contributed by atoms with E-state index in [1.807, 2.05) is 29.6 Å². The molecule has 1 aromatic heterocycles. The van der Waals surface area contributed by atoms with Crippen molar-refractivity contribution in [2.75, 3.05) is 0 Å². The van der Waals surface area contributed by atoms with Gasteiger partial charge in [-0.05, 0) is 29.0 Å². The summed E-state index contributed by atoms with van der Waals surface area (Å²) >= 11 is 1.49. The molecule has 0 N–H and O–H groups in total. The second kappa shape index (κ2) is 5.42. The Bertz CT molecular complexity index is 482. The minimum absolute atomic E-state index is 0.812. The molecule has 2 aromatic rings. The first-order valence-electron chi connectivity index (χ1n) is 5.13. The van der Waals surface area contributed by atoms with Gasteiger partial charge in [-0.3, -0.25) is 4.79 Å². The Balaban J connectivity index is 2.02. The van der Waals surface area contributed by atoms with E-state index in [9.17, 15) is 4.79 Å². The predicted octanol–water partition coefficient (Wildman–Crippen LogP) is 3.82. The highest BCUT2D eigenvalue weighted by Crippen LogP contribution is 2.15. The molecular weight excluding hydrogens is 216 g/mol. The molecule has 1 aromatic carbocycles. The van der Waals surface area contributed by atoms with Crippen molar-refractivity contribution >= 4 is 23.7 Å². The van der Waals surface area contributed by atoms with Crippen LogP contribution in [-0.2, 0) is 6.42 Å². The molecule has 80 valence electrons. The second-order valence-corrected chi connectivity index (χ2v) is 4.39. The first kappa shape index (κ1) is 10.8. The van der Waals surface area contributed by atoms with E-state index in [1.165, 1.54) is 16.9 Å². The average Bonchev–Trinajstić information content (AvgIpc) is 2.78. The first-order valence-corrected chi connectivity index (χ1v) is 6.01. The lowest BCUT2D eigenvalue weighted by molar-refractivity contribution is 0.112. The maximum Gasteiger partial charge on any atom is 0.160 e. The molecule has 2 heteroatoms. The minimum atomic E-state index is 0.812. The zero-order valence-electron chi connectivity index (χ0n) is 8.80. The van der Waals surface area contributed by atoms with Crippen molar-refractivity contribution in [3.63, 3.8) is 0 Å². The van der Waals surface area contributed by atoms with Gasteiger partial charge in [0.05, 0.1) is 4.88 Å². The van der Waals surface area contributed by atoms with Crippen molar-refractivity contribution < 1.29 is 4.79 Å². The van der Waals surface area contributed by atoms with Crippen molar-refractivity contribution in [1.82, 2.24) is 0 Å². The van der Waals surface area contributed by atoms with Gasteiger partial charge >= 0.3 is 0 Å². The summed E-state index contributed by atoms with van der Waals surface area (Å²) in [7, 11) is 0. The van der Waals surface area contributed by atoms with Gasteiger partial charge in [0, 0.05) is 0 Å². The lowest BCUT2D eigenvalue weighted by Gasteiger charge is -1.93. The quantitative estimate of drug-likeness (QED) is 0.727. The number of allylic oxidation sites excluding steroid dienone is 1. The fourth-order valence-corrected chi connectivity index (χ4v) is 2.24. The maximum atomic E-state index is 10.7. The highest BCUT2D eigenvalue weighted by atomic mass is 32.1. The van der Waals surface area contributed by atoms with Gasteiger partial charge in [0.25, 0.3) is 0 Å². The second-order valence-electron chi connectivity index (χ2n) is 3.45. The van der Waals surface area contributed by atoms with E-state index in [0.717, 1.165) is 23.1 Å². The molecule has 1 nitrogen and oxygen atoms in total. The van der Waals surface area contributed by atoms with Gasteiger partial charge in [-0.2, -0.15) is 0 Å². The molecular formula is C14H12OS. The van der Waals surface area contributed by atoms with Crippen LogP contribution in [-0.4, -0.2) is 6.29 Å². The van der Waals surface area contributed by atoms with Crippen molar-refractivity contribution in [2.24, 2.45) is 0 Å². The smallest absolute Gasteiger partial charge is 0.160 e. The molecule has 0 aliphatic carbocycles. The van der Waals surface area contributed by atoms with E-state index in [2.05, 4.69) is 24.3 Å². The van der Waals surface area contributed by atoms with Gasteiger partial charge < -0.3 is 0 Å². The van der Waals surface area contributed by atoms with Crippen LogP contribution in [0.4, 0.5) is 0 Å². The highest BCUT2D eigenvalue weighted by Gasteiger charge is 1.99. The summed E-state index contributed by atoms with van der Waals surface area (Å²) in [5.74, 6) is 0. The van der Waals surface area contributed by atoms with Gasteiger partial charge in [-0.15, -0.1) is 11.3 Å². The molecule has 16 heavy (non-hydrogen) atoms. The highest BCUT2D eigenvalue weighted by molar-refractivity contribution is 7.11. The lowest BCUT2D eigenvalue weighted by Crippen LogP contribution is -1.82. The molecule has 0 radical (unpaired) electrons. The number of hydrogen-bond acceptors (Lipinski definition) is 2. The molecule has 0 unspecified atom stereocenters. The summed E-state index contributed by atoms with van der Waals surface area (Å²) in [4.78, 5) is 11.5. The van der Waals surface area contributed by atoms with Gasteiger partial charge in [-0.1, -0.05) is 42.5 Å². The molecule has 0 spiro atoms. The van der Waals surface area contributed by atoms with E-state index < -0.39 is 0 Å². The summed E-state index contributed by atoms with van der Waals surface area (Å²) in [6, 6.07) is 12.2. The van der Waals surface area contributed by atoms with Crippen LogP contribution in [0.5, 0.6) is 0 Å². The van der Waals surface area contributed by atoms with Crippen molar-refractivity contribution in [2.45, 2.75) is 6.42 Å². The van der Waals surface area contributed by atoms with Crippen LogP contribution in [0.15, 0.2) is 47.9 Å². The Morgan fingerprint density at radius 2 is 1.94 bits per heavy atom. The maximum absolute atomic E-state index is 10.7. The molecule has 2 rings (SSSR count). The fraction of sp³-hybridized carbons (Fsp3) is 0.0714. The predicted molar refractivity (Wildman–Crippen MR) is 68.9 cm³/mol. The van der Waals surface area contributed by atoms with Crippen LogP contribution in [0.3, 0.4) is 0 Å². The van der Waals surface area contributed by atoms with Crippen LogP contribution in [0, 0.1) is 0 Å². The summed E-state index contributed by atoms with van der Waals surface area (Å²) in [5.41, 5.74) is 2.29. The zero-order valence-corrected chi connectivity index (χ0v) is 9.61. The van der Waals surface area contributed by atoms with Crippen LogP contribution in [0.2, 0.25) is 0 Å². The third-order valence-electron chi connectivity index (χ3n) is 2.34. The SMILES string of the molecule is O=Cc1sccc1CC=Cc1ccccc1. The van der Waals surface area contributed by atoms with Gasteiger partial charge in [0.15, 0.2) is 6.29 Å². The van der Waals surface area contributed by atoms with E-state index in [1.54, 1.807) is 0 Å². The fourth-order valence-electron chi connectivity index (χ4n) is 1.51. The van der Waals surface area contributed by atoms with Crippen molar-refractivity contribution in [1.29, 1.82) is 0 Å². The van der Waals surface area contributed by atoms with Gasteiger partial charge in [0.1, 0.15) is 0 Å². The van der Waals surface area contributed by atoms with Crippen molar-refractivity contribution in [3.05, 3.63) is 63.9 Å².